The van der Waals surface area contributed by atoms with E-state index in [0.717, 1.165) is 18.9 Å². The third-order valence-corrected chi connectivity index (χ3v) is 3.12. The standard InChI is InChI=1S/C13H23N/c1-3-5-10-13(14-11-4-2)12-8-6-7-9-12/h12-14H,4,6-11H2,1-2H3. The summed E-state index contributed by atoms with van der Waals surface area (Å²) in [4.78, 5) is 0. The Morgan fingerprint density at radius 1 is 1.36 bits per heavy atom. The quantitative estimate of drug-likeness (QED) is 0.662. The zero-order valence-corrected chi connectivity index (χ0v) is 9.60. The molecule has 1 N–H and O–H groups in total. The van der Waals surface area contributed by atoms with Crippen molar-refractivity contribution in [2.45, 2.75) is 58.4 Å². The van der Waals surface area contributed by atoms with Crippen LogP contribution in [0.4, 0.5) is 0 Å². The molecule has 0 amide bonds. The lowest BCUT2D eigenvalue weighted by Crippen LogP contribution is -2.35. The lowest BCUT2D eigenvalue weighted by atomic mass is 9.95. The molecule has 0 aromatic carbocycles. The molecule has 14 heavy (non-hydrogen) atoms. The normalized spacial score (nSPS) is 19.0. The number of hydrogen-bond donors (Lipinski definition) is 1. The van der Waals surface area contributed by atoms with Crippen molar-refractivity contribution in [3.05, 3.63) is 0 Å². The highest BCUT2D eigenvalue weighted by Crippen LogP contribution is 2.28. The average molecular weight is 193 g/mol. The Labute approximate surface area is 88.7 Å². The van der Waals surface area contributed by atoms with Crippen LogP contribution in [0.2, 0.25) is 0 Å². The van der Waals surface area contributed by atoms with Crippen molar-refractivity contribution in [3.8, 4) is 11.8 Å². The van der Waals surface area contributed by atoms with Gasteiger partial charge in [-0.15, -0.1) is 11.8 Å². The van der Waals surface area contributed by atoms with Crippen LogP contribution >= 0.6 is 0 Å². The first-order valence-electron chi connectivity index (χ1n) is 6.01. The second-order valence-electron chi connectivity index (χ2n) is 4.24. The van der Waals surface area contributed by atoms with Gasteiger partial charge in [0.2, 0.25) is 0 Å². The molecule has 1 saturated carbocycles. The van der Waals surface area contributed by atoms with Gasteiger partial charge in [0.1, 0.15) is 0 Å². The van der Waals surface area contributed by atoms with Crippen molar-refractivity contribution < 1.29 is 0 Å². The van der Waals surface area contributed by atoms with Gasteiger partial charge in [-0.05, 0) is 38.6 Å². The van der Waals surface area contributed by atoms with E-state index < -0.39 is 0 Å². The zero-order chi connectivity index (χ0) is 10.2. The minimum atomic E-state index is 0.657. The van der Waals surface area contributed by atoms with Crippen LogP contribution in [0, 0.1) is 17.8 Å². The summed E-state index contributed by atoms with van der Waals surface area (Å²) in [6.45, 7) is 5.31. The van der Waals surface area contributed by atoms with Gasteiger partial charge in [-0.1, -0.05) is 19.8 Å². The van der Waals surface area contributed by atoms with E-state index in [4.69, 9.17) is 0 Å². The van der Waals surface area contributed by atoms with Crippen molar-refractivity contribution in [1.29, 1.82) is 0 Å². The van der Waals surface area contributed by atoms with Crippen molar-refractivity contribution in [3.63, 3.8) is 0 Å². The Kier molecular flexibility index (Phi) is 5.71. The van der Waals surface area contributed by atoms with Crippen LogP contribution in [0.5, 0.6) is 0 Å². The topological polar surface area (TPSA) is 12.0 Å². The van der Waals surface area contributed by atoms with Crippen LogP contribution in [0.15, 0.2) is 0 Å². The highest BCUT2D eigenvalue weighted by molar-refractivity contribution is 5.00. The highest BCUT2D eigenvalue weighted by atomic mass is 14.9. The van der Waals surface area contributed by atoms with Crippen molar-refractivity contribution in [2.75, 3.05) is 6.54 Å². The highest BCUT2D eigenvalue weighted by Gasteiger charge is 2.23. The third-order valence-electron chi connectivity index (χ3n) is 3.12. The van der Waals surface area contributed by atoms with E-state index in [2.05, 4.69) is 24.1 Å². The second-order valence-corrected chi connectivity index (χ2v) is 4.24. The molecular weight excluding hydrogens is 170 g/mol. The predicted octanol–water partition coefficient (Wildman–Crippen LogP) is 2.96. The lowest BCUT2D eigenvalue weighted by Gasteiger charge is -2.22. The molecule has 1 unspecified atom stereocenters. The van der Waals surface area contributed by atoms with Crippen molar-refractivity contribution in [2.24, 2.45) is 5.92 Å². The van der Waals surface area contributed by atoms with Crippen LogP contribution < -0.4 is 5.32 Å². The molecule has 0 aromatic rings. The summed E-state index contributed by atoms with van der Waals surface area (Å²) in [6, 6.07) is 0.657. The second kappa shape index (κ2) is 6.90. The van der Waals surface area contributed by atoms with Gasteiger partial charge in [0.05, 0.1) is 0 Å². The van der Waals surface area contributed by atoms with Gasteiger partial charge >= 0.3 is 0 Å². The summed E-state index contributed by atoms with van der Waals surface area (Å²) in [5.41, 5.74) is 0. The molecule has 1 nitrogen and oxygen atoms in total. The van der Waals surface area contributed by atoms with Gasteiger partial charge in [-0.25, -0.2) is 0 Å². The van der Waals surface area contributed by atoms with Crippen LogP contribution in [0.1, 0.15) is 52.4 Å². The Hall–Kier alpha value is -0.480. The molecule has 0 aliphatic heterocycles. The molecule has 0 radical (unpaired) electrons. The molecule has 1 atom stereocenters. The van der Waals surface area contributed by atoms with E-state index >= 15 is 0 Å². The minimum absolute atomic E-state index is 0.657. The molecular formula is C13H23N. The fourth-order valence-corrected chi connectivity index (χ4v) is 2.31. The van der Waals surface area contributed by atoms with E-state index in [1.54, 1.807) is 0 Å². The maximum Gasteiger partial charge on any atom is 0.0245 e. The first kappa shape index (κ1) is 11.6. The number of hydrogen-bond acceptors (Lipinski definition) is 1. The first-order chi connectivity index (χ1) is 6.88. The number of rotatable bonds is 5. The summed E-state index contributed by atoms with van der Waals surface area (Å²) in [7, 11) is 0. The van der Waals surface area contributed by atoms with Crippen LogP contribution in [0.25, 0.3) is 0 Å². The molecule has 1 fully saturated rings. The SMILES string of the molecule is CC#CCC(NCCC)C1CCCC1. The summed E-state index contributed by atoms with van der Waals surface area (Å²) in [5.74, 6) is 7.12. The molecule has 80 valence electrons. The molecule has 0 aromatic heterocycles. The minimum Gasteiger partial charge on any atom is -0.313 e. The first-order valence-corrected chi connectivity index (χ1v) is 6.01. The van der Waals surface area contributed by atoms with Gasteiger partial charge in [0, 0.05) is 12.5 Å². The predicted molar refractivity (Wildman–Crippen MR) is 62.1 cm³/mol. The van der Waals surface area contributed by atoms with Gasteiger partial charge in [0.25, 0.3) is 0 Å². The number of nitrogens with one attached hydrogen (secondary N) is 1. The molecule has 1 aliphatic carbocycles. The molecule has 0 heterocycles. The molecule has 0 saturated heterocycles. The summed E-state index contributed by atoms with van der Waals surface area (Å²) in [6.07, 6.45) is 7.94. The smallest absolute Gasteiger partial charge is 0.0245 e. The van der Waals surface area contributed by atoms with Gasteiger partial charge in [0.15, 0.2) is 0 Å². The van der Waals surface area contributed by atoms with Crippen LogP contribution in [-0.4, -0.2) is 12.6 Å². The van der Waals surface area contributed by atoms with E-state index in [1.165, 1.54) is 32.1 Å². The molecule has 1 heteroatoms. The maximum absolute atomic E-state index is 3.64. The Balaban J connectivity index is 2.36. The van der Waals surface area contributed by atoms with Crippen LogP contribution in [-0.2, 0) is 0 Å². The van der Waals surface area contributed by atoms with Crippen molar-refractivity contribution in [1.82, 2.24) is 5.32 Å². The third kappa shape index (κ3) is 3.72. The lowest BCUT2D eigenvalue weighted by molar-refractivity contribution is 0.364. The molecule has 0 spiro atoms. The van der Waals surface area contributed by atoms with E-state index in [1.807, 2.05) is 6.92 Å². The van der Waals surface area contributed by atoms with Gasteiger partial charge in [-0.2, -0.15) is 0 Å². The van der Waals surface area contributed by atoms with Gasteiger partial charge < -0.3 is 5.32 Å². The fourth-order valence-electron chi connectivity index (χ4n) is 2.31. The Bertz CT molecular complexity index is 193. The Morgan fingerprint density at radius 3 is 2.64 bits per heavy atom. The molecule has 1 rings (SSSR count). The van der Waals surface area contributed by atoms with E-state index in [0.29, 0.717) is 6.04 Å². The average Bonchev–Trinajstić information content (AvgIpc) is 2.71. The maximum atomic E-state index is 3.64. The van der Waals surface area contributed by atoms with Crippen molar-refractivity contribution >= 4 is 0 Å². The summed E-state index contributed by atoms with van der Waals surface area (Å²) in [5, 5.41) is 3.64. The van der Waals surface area contributed by atoms with Gasteiger partial charge in [-0.3, -0.25) is 0 Å². The molecule has 0 bridgehead atoms. The van der Waals surface area contributed by atoms with Crippen LogP contribution in [0.3, 0.4) is 0 Å². The molecule has 1 aliphatic rings. The fraction of sp³-hybridized carbons (Fsp3) is 0.846. The summed E-state index contributed by atoms with van der Waals surface area (Å²) < 4.78 is 0. The Morgan fingerprint density at radius 2 is 2.07 bits per heavy atom. The summed E-state index contributed by atoms with van der Waals surface area (Å²) >= 11 is 0. The monoisotopic (exact) mass is 193 g/mol. The zero-order valence-electron chi connectivity index (χ0n) is 9.60. The largest absolute Gasteiger partial charge is 0.313 e. The van der Waals surface area contributed by atoms with E-state index in [9.17, 15) is 0 Å². The van der Waals surface area contributed by atoms with E-state index in [-0.39, 0.29) is 0 Å².